The van der Waals surface area contributed by atoms with E-state index in [0.29, 0.717) is 44.5 Å². The van der Waals surface area contributed by atoms with Crippen molar-refractivity contribution in [3.8, 4) is 0 Å². The van der Waals surface area contributed by atoms with Crippen LogP contribution in [0.25, 0.3) is 0 Å². The van der Waals surface area contributed by atoms with Gasteiger partial charge in [0.2, 0.25) is 0 Å². The van der Waals surface area contributed by atoms with E-state index in [2.05, 4.69) is 10.6 Å². The lowest BCUT2D eigenvalue weighted by atomic mass is 9.72. The molecule has 0 atom stereocenters. The predicted molar refractivity (Wildman–Crippen MR) is 110 cm³/mol. The molecule has 1 heterocycles. The molecule has 6 N–H and O–H groups in total. The SMILES string of the molecule is CC(=O)C1(CCNc2ccc(C(=N)N)cc2)CCN(C(=O)NCCC(=O)O)CC1. The van der Waals surface area contributed by atoms with Gasteiger partial charge in [0, 0.05) is 42.8 Å². The molecule has 0 aromatic heterocycles. The summed E-state index contributed by atoms with van der Waals surface area (Å²) in [6, 6.07) is 6.95. The molecule has 1 fully saturated rings. The zero-order chi connectivity index (χ0) is 21.4. The van der Waals surface area contributed by atoms with E-state index >= 15 is 0 Å². The number of carbonyl (C=O) groups excluding carboxylic acids is 2. The highest BCUT2D eigenvalue weighted by Gasteiger charge is 2.39. The second-order valence-corrected chi connectivity index (χ2v) is 7.37. The summed E-state index contributed by atoms with van der Waals surface area (Å²) in [4.78, 5) is 36.7. The van der Waals surface area contributed by atoms with Crippen LogP contribution in [0.1, 0.15) is 38.2 Å². The quantitative estimate of drug-likeness (QED) is 0.312. The maximum Gasteiger partial charge on any atom is 0.317 e. The maximum atomic E-state index is 12.4. The third-order valence-corrected chi connectivity index (χ3v) is 5.50. The number of nitrogen functional groups attached to an aromatic ring is 1. The molecule has 0 bridgehead atoms. The molecule has 29 heavy (non-hydrogen) atoms. The number of nitrogens with zero attached hydrogens (tertiary/aromatic N) is 1. The lowest BCUT2D eigenvalue weighted by Gasteiger charge is -2.40. The maximum absolute atomic E-state index is 12.4. The summed E-state index contributed by atoms with van der Waals surface area (Å²) in [5, 5.41) is 22.0. The molecular weight excluding hydrogens is 374 g/mol. The minimum absolute atomic E-state index is 0.0193. The van der Waals surface area contributed by atoms with Gasteiger partial charge >= 0.3 is 12.0 Å². The van der Waals surface area contributed by atoms with Crippen LogP contribution in [0.15, 0.2) is 24.3 Å². The van der Waals surface area contributed by atoms with E-state index in [9.17, 15) is 14.4 Å². The van der Waals surface area contributed by atoms with Gasteiger partial charge in [-0.3, -0.25) is 15.0 Å². The summed E-state index contributed by atoms with van der Waals surface area (Å²) in [5.74, 6) is -0.814. The molecular formula is C20H29N5O4. The first kappa shape index (κ1) is 22.2. The van der Waals surface area contributed by atoms with Crippen molar-refractivity contribution in [1.82, 2.24) is 10.2 Å². The number of aliphatic carboxylic acids is 1. The van der Waals surface area contributed by atoms with Gasteiger partial charge in [0.05, 0.1) is 6.42 Å². The van der Waals surface area contributed by atoms with Gasteiger partial charge in [0.25, 0.3) is 0 Å². The lowest BCUT2D eigenvalue weighted by molar-refractivity contribution is -0.136. The molecule has 158 valence electrons. The summed E-state index contributed by atoms with van der Waals surface area (Å²) in [6.07, 6.45) is 1.71. The number of nitrogens with two attached hydrogens (primary N) is 1. The number of rotatable bonds is 9. The van der Waals surface area contributed by atoms with E-state index in [0.717, 1.165) is 5.69 Å². The molecule has 0 saturated carbocycles. The normalized spacial score (nSPS) is 15.4. The largest absolute Gasteiger partial charge is 0.481 e. The number of carbonyl (C=O) groups is 3. The number of hydrogen-bond acceptors (Lipinski definition) is 5. The number of amidine groups is 1. The third kappa shape index (κ3) is 6.20. The van der Waals surface area contributed by atoms with Gasteiger partial charge in [-0.1, -0.05) is 0 Å². The number of nitrogens with one attached hydrogen (secondary N) is 3. The highest BCUT2D eigenvalue weighted by atomic mass is 16.4. The fourth-order valence-electron chi connectivity index (χ4n) is 3.52. The van der Waals surface area contributed by atoms with E-state index in [-0.39, 0.29) is 30.6 Å². The first-order chi connectivity index (χ1) is 13.7. The Labute approximate surface area is 170 Å². The molecule has 1 saturated heterocycles. The molecule has 1 aliphatic heterocycles. The fraction of sp³-hybridized carbons (Fsp3) is 0.500. The first-order valence-corrected chi connectivity index (χ1v) is 9.67. The highest BCUT2D eigenvalue weighted by Crippen LogP contribution is 2.36. The van der Waals surface area contributed by atoms with Crippen LogP contribution in [0, 0.1) is 10.8 Å². The summed E-state index contributed by atoms with van der Waals surface area (Å²) < 4.78 is 0. The Kier molecular flexibility index (Phi) is 7.58. The van der Waals surface area contributed by atoms with Gasteiger partial charge in [-0.15, -0.1) is 0 Å². The van der Waals surface area contributed by atoms with Crippen molar-refractivity contribution in [3.63, 3.8) is 0 Å². The van der Waals surface area contributed by atoms with E-state index in [1.54, 1.807) is 24.0 Å². The van der Waals surface area contributed by atoms with Gasteiger partial charge in [0.15, 0.2) is 0 Å². The summed E-state index contributed by atoms with van der Waals surface area (Å²) in [5.41, 5.74) is 6.53. The number of carboxylic acids is 1. The van der Waals surface area contributed by atoms with Crippen molar-refractivity contribution in [2.75, 3.05) is 31.5 Å². The standard InChI is InChI=1S/C20H29N5O4/c1-14(26)20(7-11-23-16-4-2-15(3-5-16)18(21)22)8-12-25(13-9-20)19(29)24-10-6-17(27)28/h2-5,23H,6-13H2,1H3,(H3,21,22)(H,24,29)(H,27,28). The molecule has 0 radical (unpaired) electrons. The minimum atomic E-state index is -0.956. The van der Waals surface area contributed by atoms with Gasteiger partial charge in [0.1, 0.15) is 11.6 Å². The number of piperidine rings is 1. The smallest absolute Gasteiger partial charge is 0.317 e. The Hall–Kier alpha value is -3.10. The molecule has 1 aromatic rings. The van der Waals surface area contributed by atoms with E-state index in [1.165, 1.54) is 0 Å². The first-order valence-electron chi connectivity index (χ1n) is 9.67. The Balaban J connectivity index is 1.84. The number of urea groups is 1. The summed E-state index contributed by atoms with van der Waals surface area (Å²) >= 11 is 0. The van der Waals surface area contributed by atoms with Crippen LogP contribution in [-0.4, -0.2) is 59.8 Å². The number of likely N-dealkylation sites (tertiary alicyclic amines) is 1. The number of amides is 2. The van der Waals surface area contributed by atoms with E-state index < -0.39 is 11.4 Å². The van der Waals surface area contributed by atoms with Gasteiger partial charge in [-0.25, -0.2) is 4.79 Å². The average molecular weight is 403 g/mol. The van der Waals surface area contributed by atoms with Crippen molar-refractivity contribution < 1.29 is 19.5 Å². The molecule has 0 unspecified atom stereocenters. The van der Waals surface area contributed by atoms with Crippen LogP contribution < -0.4 is 16.4 Å². The zero-order valence-electron chi connectivity index (χ0n) is 16.7. The lowest BCUT2D eigenvalue weighted by Crippen LogP contribution is -2.50. The van der Waals surface area contributed by atoms with Crippen molar-refractivity contribution in [1.29, 1.82) is 5.41 Å². The Bertz CT molecular complexity index is 755. The molecule has 2 amide bonds. The van der Waals surface area contributed by atoms with Crippen molar-refractivity contribution in [3.05, 3.63) is 29.8 Å². The number of hydrogen-bond donors (Lipinski definition) is 5. The molecule has 9 nitrogen and oxygen atoms in total. The Morgan fingerprint density at radius 2 is 1.79 bits per heavy atom. The van der Waals surface area contributed by atoms with Crippen LogP contribution in [0.2, 0.25) is 0 Å². The van der Waals surface area contributed by atoms with Gasteiger partial charge in [-0.2, -0.15) is 0 Å². The van der Waals surface area contributed by atoms with Crippen molar-refractivity contribution in [2.45, 2.75) is 32.6 Å². The average Bonchev–Trinajstić information content (AvgIpc) is 2.68. The van der Waals surface area contributed by atoms with E-state index in [4.69, 9.17) is 16.2 Å². The fourth-order valence-corrected chi connectivity index (χ4v) is 3.52. The summed E-state index contributed by atoms with van der Waals surface area (Å²) in [7, 11) is 0. The van der Waals surface area contributed by atoms with Crippen LogP contribution in [-0.2, 0) is 9.59 Å². The number of Topliss-reactive ketones (excluding diaryl/α,β-unsaturated/α-hetero) is 1. The molecule has 0 spiro atoms. The molecule has 2 rings (SSSR count). The topological polar surface area (TPSA) is 149 Å². The van der Waals surface area contributed by atoms with Crippen LogP contribution in [0.3, 0.4) is 0 Å². The van der Waals surface area contributed by atoms with Crippen LogP contribution >= 0.6 is 0 Å². The zero-order valence-corrected chi connectivity index (χ0v) is 16.7. The number of benzene rings is 1. The van der Waals surface area contributed by atoms with Crippen LogP contribution in [0.4, 0.5) is 10.5 Å². The van der Waals surface area contributed by atoms with Gasteiger partial charge < -0.3 is 26.4 Å². The Morgan fingerprint density at radius 1 is 1.17 bits per heavy atom. The monoisotopic (exact) mass is 403 g/mol. The molecule has 1 aliphatic rings. The van der Waals surface area contributed by atoms with Crippen molar-refractivity contribution in [2.24, 2.45) is 11.1 Å². The second-order valence-electron chi connectivity index (χ2n) is 7.37. The Morgan fingerprint density at radius 3 is 2.31 bits per heavy atom. The predicted octanol–water partition coefficient (Wildman–Crippen LogP) is 1.63. The van der Waals surface area contributed by atoms with E-state index in [1.807, 2.05) is 12.1 Å². The number of anilines is 1. The van der Waals surface area contributed by atoms with Crippen LogP contribution in [0.5, 0.6) is 0 Å². The molecule has 0 aliphatic carbocycles. The third-order valence-electron chi connectivity index (χ3n) is 5.50. The highest BCUT2D eigenvalue weighted by molar-refractivity contribution is 5.95. The summed E-state index contributed by atoms with van der Waals surface area (Å²) in [6.45, 7) is 3.24. The number of carboxylic acid groups (broad SMARTS) is 1. The molecule has 1 aromatic carbocycles. The van der Waals surface area contributed by atoms with Crippen molar-refractivity contribution >= 4 is 29.3 Å². The second kappa shape index (κ2) is 9.90. The molecule has 9 heteroatoms. The number of ketones is 1. The van der Waals surface area contributed by atoms with Gasteiger partial charge in [-0.05, 0) is 50.5 Å². The minimum Gasteiger partial charge on any atom is -0.481 e.